The summed E-state index contributed by atoms with van der Waals surface area (Å²) in [6.45, 7) is 1.20. The number of ether oxygens (including phenoxy) is 1. The van der Waals surface area contributed by atoms with Crippen molar-refractivity contribution in [3.63, 3.8) is 0 Å². The van der Waals surface area contributed by atoms with Gasteiger partial charge in [-0.05, 0) is 29.7 Å². The number of carbonyl (C=O) groups is 1. The van der Waals surface area contributed by atoms with Crippen molar-refractivity contribution >= 4 is 17.0 Å². The second-order valence-corrected chi connectivity index (χ2v) is 7.86. The van der Waals surface area contributed by atoms with E-state index in [-0.39, 0.29) is 5.56 Å². The second-order valence-electron chi connectivity index (χ2n) is 7.86. The summed E-state index contributed by atoms with van der Waals surface area (Å²) in [5, 5.41) is 14.7. The van der Waals surface area contributed by atoms with E-state index >= 15 is 0 Å². The maximum absolute atomic E-state index is 12.7. The molecule has 0 saturated carbocycles. The zero-order chi connectivity index (χ0) is 22.2. The van der Waals surface area contributed by atoms with Crippen molar-refractivity contribution in [1.82, 2.24) is 19.2 Å². The van der Waals surface area contributed by atoms with E-state index in [1.54, 1.807) is 0 Å². The molecule has 0 atom stereocenters. The van der Waals surface area contributed by atoms with Crippen LogP contribution >= 0.6 is 0 Å². The number of nitrogens with zero attached hydrogens (tertiary/aromatic N) is 4. The SMILES string of the molecule is Cn1c2c(c3ccc(-n4ncc(OCc5ccccc5)cc4=O)cc31)CCN(C(=O)O)C2. The third-order valence-corrected chi connectivity index (χ3v) is 5.93. The van der Waals surface area contributed by atoms with Crippen LogP contribution in [0.5, 0.6) is 5.75 Å². The number of fused-ring (bicyclic) bond motifs is 3. The van der Waals surface area contributed by atoms with Crippen LogP contribution in [-0.2, 0) is 26.6 Å². The van der Waals surface area contributed by atoms with E-state index in [0.29, 0.717) is 37.6 Å². The molecule has 8 nitrogen and oxygen atoms in total. The largest absolute Gasteiger partial charge is 0.487 e. The highest BCUT2D eigenvalue weighted by Crippen LogP contribution is 2.31. The zero-order valence-corrected chi connectivity index (χ0v) is 17.6. The van der Waals surface area contributed by atoms with Gasteiger partial charge in [0.15, 0.2) is 0 Å². The summed E-state index contributed by atoms with van der Waals surface area (Å²) < 4.78 is 9.05. The molecule has 162 valence electrons. The lowest BCUT2D eigenvalue weighted by Crippen LogP contribution is -2.35. The van der Waals surface area contributed by atoms with Crippen LogP contribution in [0.1, 0.15) is 16.8 Å². The maximum Gasteiger partial charge on any atom is 0.407 e. The van der Waals surface area contributed by atoms with Gasteiger partial charge in [0.2, 0.25) is 0 Å². The Morgan fingerprint density at radius 2 is 1.97 bits per heavy atom. The van der Waals surface area contributed by atoms with Crippen molar-refractivity contribution in [3.8, 4) is 11.4 Å². The van der Waals surface area contributed by atoms with Gasteiger partial charge < -0.3 is 19.3 Å². The third-order valence-electron chi connectivity index (χ3n) is 5.93. The molecule has 4 aromatic rings. The number of benzene rings is 2. The van der Waals surface area contributed by atoms with Gasteiger partial charge in [-0.3, -0.25) is 4.79 Å². The second kappa shape index (κ2) is 7.88. The Bertz CT molecular complexity index is 1370. The fourth-order valence-electron chi connectivity index (χ4n) is 4.24. The first kappa shape index (κ1) is 19.9. The number of amides is 1. The molecule has 1 aliphatic heterocycles. The van der Waals surface area contributed by atoms with E-state index in [1.807, 2.05) is 60.1 Å². The quantitative estimate of drug-likeness (QED) is 0.536. The molecule has 0 spiro atoms. The summed E-state index contributed by atoms with van der Waals surface area (Å²) in [5.41, 5.74) is 4.46. The Morgan fingerprint density at radius 1 is 1.16 bits per heavy atom. The van der Waals surface area contributed by atoms with E-state index in [9.17, 15) is 14.7 Å². The van der Waals surface area contributed by atoms with Gasteiger partial charge in [-0.1, -0.05) is 36.4 Å². The van der Waals surface area contributed by atoms with Gasteiger partial charge in [0.25, 0.3) is 5.56 Å². The van der Waals surface area contributed by atoms with Gasteiger partial charge in [0.1, 0.15) is 12.4 Å². The van der Waals surface area contributed by atoms with Gasteiger partial charge in [0.05, 0.1) is 23.9 Å². The van der Waals surface area contributed by atoms with Crippen molar-refractivity contribution in [2.45, 2.75) is 19.6 Å². The summed E-state index contributed by atoms with van der Waals surface area (Å²) in [6.07, 6.45) is 1.30. The minimum absolute atomic E-state index is 0.286. The Balaban J connectivity index is 1.44. The first-order valence-electron chi connectivity index (χ1n) is 10.4. The summed E-state index contributed by atoms with van der Waals surface area (Å²) >= 11 is 0. The van der Waals surface area contributed by atoms with E-state index in [0.717, 1.165) is 27.7 Å². The van der Waals surface area contributed by atoms with E-state index in [4.69, 9.17) is 4.74 Å². The zero-order valence-electron chi connectivity index (χ0n) is 17.6. The van der Waals surface area contributed by atoms with Crippen molar-refractivity contribution in [3.05, 3.63) is 88.0 Å². The Kier molecular flexibility index (Phi) is 4.89. The third kappa shape index (κ3) is 3.49. The monoisotopic (exact) mass is 430 g/mol. The molecule has 2 aromatic carbocycles. The van der Waals surface area contributed by atoms with E-state index in [1.165, 1.54) is 21.8 Å². The minimum Gasteiger partial charge on any atom is -0.487 e. The van der Waals surface area contributed by atoms with Crippen LogP contribution in [0.15, 0.2) is 65.6 Å². The molecule has 0 radical (unpaired) electrons. The van der Waals surface area contributed by atoms with Gasteiger partial charge in [-0.15, -0.1) is 0 Å². The Hall–Kier alpha value is -4.07. The average molecular weight is 430 g/mol. The molecule has 0 saturated heterocycles. The smallest absolute Gasteiger partial charge is 0.407 e. The molecule has 2 aromatic heterocycles. The molecule has 8 heteroatoms. The first-order chi connectivity index (χ1) is 15.5. The summed E-state index contributed by atoms with van der Waals surface area (Å²) in [6, 6.07) is 16.9. The molecule has 1 N–H and O–H groups in total. The molecular weight excluding hydrogens is 408 g/mol. The lowest BCUT2D eigenvalue weighted by Gasteiger charge is -2.25. The molecule has 1 amide bonds. The predicted molar refractivity (Wildman–Crippen MR) is 119 cm³/mol. The molecule has 0 bridgehead atoms. The molecule has 5 rings (SSSR count). The van der Waals surface area contributed by atoms with Gasteiger partial charge in [0, 0.05) is 30.7 Å². The van der Waals surface area contributed by atoms with Crippen molar-refractivity contribution in [1.29, 1.82) is 0 Å². The van der Waals surface area contributed by atoms with Crippen LogP contribution in [0.25, 0.3) is 16.6 Å². The van der Waals surface area contributed by atoms with Gasteiger partial charge in [-0.2, -0.15) is 9.78 Å². The number of hydrogen-bond acceptors (Lipinski definition) is 4. The van der Waals surface area contributed by atoms with E-state index < -0.39 is 6.09 Å². The molecule has 32 heavy (non-hydrogen) atoms. The number of rotatable bonds is 4. The Morgan fingerprint density at radius 3 is 2.72 bits per heavy atom. The summed E-state index contributed by atoms with van der Waals surface area (Å²) in [5.74, 6) is 0.416. The number of carboxylic acid groups (broad SMARTS) is 1. The molecule has 1 aliphatic rings. The van der Waals surface area contributed by atoms with Crippen LogP contribution in [-0.4, -0.2) is 37.0 Å². The van der Waals surface area contributed by atoms with Crippen molar-refractivity contribution in [2.24, 2.45) is 7.05 Å². The highest BCUT2D eigenvalue weighted by atomic mass is 16.5. The maximum atomic E-state index is 12.7. The van der Waals surface area contributed by atoms with Crippen LogP contribution < -0.4 is 10.3 Å². The van der Waals surface area contributed by atoms with Crippen LogP contribution in [0, 0.1) is 0 Å². The van der Waals surface area contributed by atoms with Crippen LogP contribution in [0.3, 0.4) is 0 Å². The first-order valence-corrected chi connectivity index (χ1v) is 10.4. The topological polar surface area (TPSA) is 89.6 Å². The molecule has 0 unspecified atom stereocenters. The fraction of sp³-hybridized carbons (Fsp3) is 0.208. The van der Waals surface area contributed by atoms with Crippen LogP contribution in [0.2, 0.25) is 0 Å². The minimum atomic E-state index is -0.910. The van der Waals surface area contributed by atoms with Crippen molar-refractivity contribution in [2.75, 3.05) is 6.54 Å². The molecular formula is C24H22N4O4. The Labute approximate surface area is 183 Å². The summed E-state index contributed by atoms with van der Waals surface area (Å²) in [7, 11) is 1.92. The molecule has 0 aliphatic carbocycles. The standard InChI is InChI=1S/C24H22N4O4/c1-26-21-11-17(7-8-19(21)20-9-10-27(24(30)31)14-22(20)26)28-23(29)12-18(13-25-28)32-15-16-5-3-2-4-6-16/h2-8,11-13H,9-10,14-15H2,1H3,(H,30,31). The highest BCUT2D eigenvalue weighted by molar-refractivity contribution is 5.87. The number of aryl methyl sites for hydroxylation is 1. The fourth-order valence-corrected chi connectivity index (χ4v) is 4.24. The molecule has 0 fully saturated rings. The predicted octanol–water partition coefficient (Wildman–Crippen LogP) is 3.34. The van der Waals surface area contributed by atoms with Gasteiger partial charge in [-0.25, -0.2) is 4.79 Å². The lowest BCUT2D eigenvalue weighted by atomic mass is 10.0. The van der Waals surface area contributed by atoms with Crippen LogP contribution in [0.4, 0.5) is 4.79 Å². The highest BCUT2D eigenvalue weighted by Gasteiger charge is 2.25. The molecule has 3 heterocycles. The number of aromatic nitrogens is 3. The summed E-state index contributed by atoms with van der Waals surface area (Å²) in [4.78, 5) is 25.5. The van der Waals surface area contributed by atoms with Crippen molar-refractivity contribution < 1.29 is 14.6 Å². The number of hydrogen-bond donors (Lipinski definition) is 1. The van der Waals surface area contributed by atoms with Gasteiger partial charge >= 0.3 is 6.09 Å². The normalized spacial score (nSPS) is 13.2. The van der Waals surface area contributed by atoms with E-state index in [2.05, 4.69) is 5.10 Å². The lowest BCUT2D eigenvalue weighted by molar-refractivity contribution is 0.139. The average Bonchev–Trinajstić information content (AvgIpc) is 3.09.